The first-order valence-corrected chi connectivity index (χ1v) is 6.37. The molecule has 0 aliphatic rings. The third kappa shape index (κ3) is 3.43. The average molecular weight is 266 g/mol. The van der Waals surface area contributed by atoms with Gasteiger partial charge in [0.2, 0.25) is 0 Å². The Hall–Kier alpha value is -1.10. The largest absolute Gasteiger partial charge is 0.316 e. The molecule has 1 aromatic heterocycles. The first-order chi connectivity index (χ1) is 8.29. The quantitative estimate of drug-likeness (QED) is 0.863. The Labute approximate surface area is 110 Å². The lowest BCUT2D eigenvalue weighted by atomic mass is 10.2. The van der Waals surface area contributed by atoms with E-state index in [-0.39, 0.29) is 0 Å². The molecule has 0 radical (unpaired) electrons. The number of halogens is 1. The van der Waals surface area contributed by atoms with Crippen molar-refractivity contribution in [3.8, 4) is 0 Å². The number of nitrogens with zero attached hydrogens (tertiary/aromatic N) is 2. The Bertz CT molecular complexity index is 490. The molecule has 17 heavy (non-hydrogen) atoms. The number of hydrogen-bond donors (Lipinski definition) is 1. The molecule has 0 aliphatic heterocycles. The highest BCUT2D eigenvalue weighted by Crippen LogP contribution is 2.30. The summed E-state index contributed by atoms with van der Waals surface area (Å²) in [4.78, 5) is 9.47. The standard InChI is InChI=1S/C12H12ClN3S/c1-14-8-9-3-4-10(13)7-11(9)17-12-15-5-2-6-16-12/h2-7,14H,8H2,1H3. The van der Waals surface area contributed by atoms with Crippen molar-refractivity contribution in [2.24, 2.45) is 0 Å². The lowest BCUT2D eigenvalue weighted by Gasteiger charge is -2.08. The highest BCUT2D eigenvalue weighted by molar-refractivity contribution is 7.99. The summed E-state index contributed by atoms with van der Waals surface area (Å²) in [5.41, 5.74) is 1.19. The van der Waals surface area contributed by atoms with Crippen LogP contribution >= 0.6 is 23.4 Å². The molecule has 0 saturated carbocycles. The highest BCUT2D eigenvalue weighted by Gasteiger charge is 2.06. The van der Waals surface area contributed by atoms with Gasteiger partial charge in [-0.25, -0.2) is 9.97 Å². The van der Waals surface area contributed by atoms with Crippen LogP contribution in [-0.4, -0.2) is 17.0 Å². The van der Waals surface area contributed by atoms with E-state index in [1.54, 1.807) is 18.5 Å². The first kappa shape index (κ1) is 12.4. The second kappa shape index (κ2) is 6.00. The fourth-order valence-corrected chi connectivity index (χ4v) is 2.51. The summed E-state index contributed by atoms with van der Waals surface area (Å²) in [6.07, 6.45) is 3.47. The van der Waals surface area contributed by atoms with E-state index in [2.05, 4.69) is 15.3 Å². The van der Waals surface area contributed by atoms with Crippen molar-refractivity contribution in [1.82, 2.24) is 15.3 Å². The van der Waals surface area contributed by atoms with Gasteiger partial charge in [-0.3, -0.25) is 0 Å². The lowest BCUT2D eigenvalue weighted by Crippen LogP contribution is -2.06. The van der Waals surface area contributed by atoms with Crippen LogP contribution < -0.4 is 5.32 Å². The molecule has 1 aromatic carbocycles. The minimum Gasteiger partial charge on any atom is -0.316 e. The van der Waals surface area contributed by atoms with Gasteiger partial charge in [0.1, 0.15) is 0 Å². The minimum absolute atomic E-state index is 0.725. The number of aromatic nitrogens is 2. The molecular formula is C12H12ClN3S. The molecule has 3 nitrogen and oxygen atoms in total. The van der Waals surface area contributed by atoms with Crippen molar-refractivity contribution in [2.45, 2.75) is 16.6 Å². The summed E-state index contributed by atoms with van der Waals surface area (Å²) in [7, 11) is 1.92. The van der Waals surface area contributed by atoms with Crippen LogP contribution in [0.3, 0.4) is 0 Å². The van der Waals surface area contributed by atoms with Crippen LogP contribution in [0.1, 0.15) is 5.56 Å². The summed E-state index contributed by atoms with van der Waals surface area (Å²) >= 11 is 7.53. The van der Waals surface area contributed by atoms with E-state index in [9.17, 15) is 0 Å². The second-order valence-corrected chi connectivity index (χ2v) is 4.86. The summed E-state index contributed by atoms with van der Waals surface area (Å²) in [6, 6.07) is 7.65. The predicted molar refractivity (Wildman–Crippen MR) is 70.4 cm³/mol. The molecule has 0 spiro atoms. The Balaban J connectivity index is 2.27. The SMILES string of the molecule is CNCc1ccc(Cl)cc1Sc1ncccn1. The summed E-state index contributed by atoms with van der Waals surface area (Å²) < 4.78 is 0. The third-order valence-electron chi connectivity index (χ3n) is 2.14. The summed E-state index contributed by atoms with van der Waals surface area (Å²) in [5.74, 6) is 0. The van der Waals surface area contributed by atoms with Gasteiger partial charge in [-0.15, -0.1) is 0 Å². The van der Waals surface area contributed by atoms with Gasteiger partial charge in [0, 0.05) is 28.9 Å². The Morgan fingerprint density at radius 1 is 1.29 bits per heavy atom. The van der Waals surface area contributed by atoms with Crippen molar-refractivity contribution < 1.29 is 0 Å². The number of hydrogen-bond acceptors (Lipinski definition) is 4. The Kier molecular flexibility index (Phi) is 4.36. The van der Waals surface area contributed by atoms with Crippen molar-refractivity contribution >= 4 is 23.4 Å². The zero-order valence-electron chi connectivity index (χ0n) is 9.35. The maximum Gasteiger partial charge on any atom is 0.192 e. The number of rotatable bonds is 4. The Morgan fingerprint density at radius 3 is 2.76 bits per heavy atom. The van der Waals surface area contributed by atoms with E-state index in [4.69, 9.17) is 11.6 Å². The van der Waals surface area contributed by atoms with Crippen LogP contribution in [0.4, 0.5) is 0 Å². The van der Waals surface area contributed by atoms with Gasteiger partial charge in [-0.05, 0) is 42.6 Å². The molecule has 0 amide bonds. The molecule has 88 valence electrons. The van der Waals surface area contributed by atoms with Gasteiger partial charge in [-0.1, -0.05) is 17.7 Å². The molecule has 0 aliphatic carbocycles. The van der Waals surface area contributed by atoms with E-state index in [1.807, 2.05) is 25.2 Å². The van der Waals surface area contributed by atoms with Crippen molar-refractivity contribution in [1.29, 1.82) is 0 Å². The van der Waals surface area contributed by atoms with Crippen LogP contribution in [0.5, 0.6) is 0 Å². The third-order valence-corrected chi connectivity index (χ3v) is 3.37. The monoisotopic (exact) mass is 265 g/mol. The zero-order chi connectivity index (χ0) is 12.1. The smallest absolute Gasteiger partial charge is 0.192 e. The summed E-state index contributed by atoms with van der Waals surface area (Å²) in [5, 5.41) is 4.59. The molecule has 2 rings (SSSR count). The van der Waals surface area contributed by atoms with Crippen LogP contribution in [0.15, 0.2) is 46.7 Å². The molecule has 0 bridgehead atoms. The lowest BCUT2D eigenvalue weighted by molar-refractivity contribution is 0.802. The van der Waals surface area contributed by atoms with Crippen LogP contribution in [0.2, 0.25) is 5.02 Å². The van der Waals surface area contributed by atoms with Gasteiger partial charge in [-0.2, -0.15) is 0 Å². The molecule has 1 heterocycles. The van der Waals surface area contributed by atoms with Crippen LogP contribution in [0.25, 0.3) is 0 Å². The molecule has 2 aromatic rings. The predicted octanol–water partition coefficient (Wildman–Crippen LogP) is 3.00. The topological polar surface area (TPSA) is 37.8 Å². The Morgan fingerprint density at radius 2 is 2.06 bits per heavy atom. The number of nitrogens with one attached hydrogen (secondary N) is 1. The minimum atomic E-state index is 0.725. The van der Waals surface area contributed by atoms with Crippen LogP contribution in [-0.2, 0) is 6.54 Å². The average Bonchev–Trinajstić information content (AvgIpc) is 2.34. The fraction of sp³-hybridized carbons (Fsp3) is 0.167. The molecule has 5 heteroatoms. The fourth-order valence-electron chi connectivity index (χ4n) is 1.40. The maximum absolute atomic E-state index is 6.01. The number of benzene rings is 1. The van der Waals surface area contributed by atoms with E-state index in [0.29, 0.717) is 0 Å². The molecule has 0 saturated heterocycles. The van der Waals surface area contributed by atoms with Gasteiger partial charge in [0.25, 0.3) is 0 Å². The molecule has 0 unspecified atom stereocenters. The van der Waals surface area contributed by atoms with Crippen molar-refractivity contribution in [2.75, 3.05) is 7.05 Å². The second-order valence-electron chi connectivity index (χ2n) is 3.42. The normalized spacial score (nSPS) is 10.5. The van der Waals surface area contributed by atoms with Gasteiger partial charge in [0.05, 0.1) is 0 Å². The van der Waals surface area contributed by atoms with Crippen LogP contribution in [0, 0.1) is 0 Å². The van der Waals surface area contributed by atoms with Crippen molar-refractivity contribution in [3.05, 3.63) is 47.2 Å². The molecule has 0 atom stereocenters. The van der Waals surface area contributed by atoms with Gasteiger partial charge < -0.3 is 5.32 Å². The maximum atomic E-state index is 6.01. The first-order valence-electron chi connectivity index (χ1n) is 5.17. The van der Waals surface area contributed by atoms with E-state index >= 15 is 0 Å². The van der Waals surface area contributed by atoms with Gasteiger partial charge >= 0.3 is 0 Å². The molecule has 1 N–H and O–H groups in total. The highest BCUT2D eigenvalue weighted by atomic mass is 35.5. The molecular weight excluding hydrogens is 254 g/mol. The van der Waals surface area contributed by atoms with Crippen molar-refractivity contribution in [3.63, 3.8) is 0 Å². The van der Waals surface area contributed by atoms with Gasteiger partial charge in [0.15, 0.2) is 5.16 Å². The van der Waals surface area contributed by atoms with E-state index in [1.165, 1.54) is 17.3 Å². The molecule has 0 fully saturated rings. The van der Waals surface area contributed by atoms with E-state index < -0.39 is 0 Å². The summed E-state index contributed by atoms with van der Waals surface area (Å²) in [6.45, 7) is 0.798. The zero-order valence-corrected chi connectivity index (χ0v) is 10.9. The van der Waals surface area contributed by atoms with E-state index in [0.717, 1.165) is 21.6 Å².